The summed E-state index contributed by atoms with van der Waals surface area (Å²) in [6.07, 6.45) is 2.02. The summed E-state index contributed by atoms with van der Waals surface area (Å²) in [6, 6.07) is 13.0. The highest BCUT2D eigenvalue weighted by atomic mass is 16.3. The molecule has 0 saturated carbocycles. The maximum Gasteiger partial charge on any atom is 0.151 e. The van der Waals surface area contributed by atoms with Crippen molar-refractivity contribution in [3.05, 3.63) is 42.1 Å². The van der Waals surface area contributed by atoms with Crippen LogP contribution in [-0.2, 0) is 0 Å². The van der Waals surface area contributed by atoms with Crippen LogP contribution in [0.5, 0.6) is 5.75 Å². The number of hydrogen-bond acceptors (Lipinski definition) is 7. The van der Waals surface area contributed by atoms with Crippen molar-refractivity contribution in [2.75, 3.05) is 11.9 Å². The van der Waals surface area contributed by atoms with Crippen LogP contribution in [0.1, 0.15) is 46.2 Å². The van der Waals surface area contributed by atoms with E-state index in [4.69, 9.17) is 5.26 Å². The third-order valence-electron chi connectivity index (χ3n) is 5.93. The van der Waals surface area contributed by atoms with Gasteiger partial charge in [0.15, 0.2) is 5.82 Å². The number of fused-ring (bicyclic) bond motifs is 1. The van der Waals surface area contributed by atoms with Crippen molar-refractivity contribution in [1.82, 2.24) is 20.5 Å². The molecule has 160 valence electrons. The van der Waals surface area contributed by atoms with Crippen LogP contribution in [0.15, 0.2) is 36.4 Å². The molecular formula is C24H28N6O. The van der Waals surface area contributed by atoms with E-state index in [0.29, 0.717) is 28.5 Å². The van der Waals surface area contributed by atoms with Gasteiger partial charge in [-0.1, -0.05) is 0 Å². The molecule has 4 rings (SSSR count). The molecule has 0 amide bonds. The van der Waals surface area contributed by atoms with Crippen LogP contribution in [0.3, 0.4) is 0 Å². The zero-order valence-corrected chi connectivity index (χ0v) is 18.6. The van der Waals surface area contributed by atoms with Gasteiger partial charge in [0.1, 0.15) is 17.5 Å². The van der Waals surface area contributed by atoms with E-state index in [9.17, 15) is 5.11 Å². The Bertz CT molecular complexity index is 1150. The number of phenols is 1. The molecule has 0 radical (unpaired) electrons. The largest absolute Gasteiger partial charge is 0.507 e. The molecule has 2 aromatic heterocycles. The minimum absolute atomic E-state index is 0.0419. The normalized spacial score (nSPS) is 17.9. The highest BCUT2D eigenvalue weighted by Crippen LogP contribution is 2.34. The number of hydrogen-bond donors (Lipinski definition) is 2. The first kappa shape index (κ1) is 21.0. The van der Waals surface area contributed by atoms with Crippen molar-refractivity contribution in [2.45, 2.75) is 57.7 Å². The lowest BCUT2D eigenvalue weighted by molar-refractivity contribution is 0.160. The van der Waals surface area contributed by atoms with Gasteiger partial charge in [0.2, 0.25) is 0 Å². The van der Waals surface area contributed by atoms with E-state index in [-0.39, 0.29) is 16.8 Å². The predicted molar refractivity (Wildman–Crippen MR) is 122 cm³/mol. The van der Waals surface area contributed by atoms with Crippen LogP contribution in [0.2, 0.25) is 0 Å². The number of rotatable bonds is 3. The van der Waals surface area contributed by atoms with Gasteiger partial charge in [-0.2, -0.15) is 5.26 Å². The Kier molecular flexibility index (Phi) is 5.06. The number of piperidine rings is 1. The molecule has 1 fully saturated rings. The molecule has 0 bridgehead atoms. The van der Waals surface area contributed by atoms with Crippen LogP contribution in [0, 0.1) is 11.3 Å². The number of nitriles is 1. The number of nitrogens with one attached hydrogen (secondary N) is 1. The summed E-state index contributed by atoms with van der Waals surface area (Å²) >= 11 is 0. The summed E-state index contributed by atoms with van der Waals surface area (Å²) in [7, 11) is 2.06. The fourth-order valence-corrected chi connectivity index (χ4v) is 4.81. The van der Waals surface area contributed by atoms with Gasteiger partial charge in [-0.15, -0.1) is 10.2 Å². The summed E-state index contributed by atoms with van der Waals surface area (Å²) in [6.45, 7) is 8.94. The van der Waals surface area contributed by atoms with E-state index in [1.54, 1.807) is 24.3 Å². The highest BCUT2D eigenvalue weighted by Gasteiger charge is 2.39. The van der Waals surface area contributed by atoms with E-state index < -0.39 is 0 Å². The zero-order chi connectivity index (χ0) is 22.4. The first-order valence-electron chi connectivity index (χ1n) is 10.5. The minimum Gasteiger partial charge on any atom is -0.507 e. The summed E-state index contributed by atoms with van der Waals surface area (Å²) in [4.78, 5) is 6.52. The lowest BCUT2D eigenvalue weighted by Gasteiger charge is -2.49. The lowest BCUT2D eigenvalue weighted by atomic mass is 9.79. The van der Waals surface area contributed by atoms with Crippen LogP contribution >= 0.6 is 0 Å². The number of nitrogens with zero attached hydrogens (tertiary/aromatic N) is 5. The molecule has 0 atom stereocenters. The van der Waals surface area contributed by atoms with E-state index >= 15 is 0 Å². The number of anilines is 1. The first-order chi connectivity index (χ1) is 14.6. The quantitative estimate of drug-likeness (QED) is 0.665. The summed E-state index contributed by atoms with van der Waals surface area (Å²) in [5.41, 5.74) is 2.15. The Hall–Kier alpha value is -3.24. The molecule has 1 aliphatic rings. The topological polar surface area (TPSA) is 98.0 Å². The van der Waals surface area contributed by atoms with Gasteiger partial charge in [-0.05, 0) is 76.9 Å². The minimum atomic E-state index is 0.0419. The second-order valence-corrected chi connectivity index (χ2v) is 9.71. The Balaban J connectivity index is 1.62. The molecule has 1 saturated heterocycles. The number of benzene rings is 1. The number of aromatic hydroxyl groups is 1. The van der Waals surface area contributed by atoms with Crippen LogP contribution in [-0.4, -0.2) is 44.5 Å². The predicted octanol–water partition coefficient (Wildman–Crippen LogP) is 4.01. The first-order valence-corrected chi connectivity index (χ1v) is 10.5. The Labute approximate surface area is 182 Å². The average molecular weight is 417 g/mol. The molecular weight excluding hydrogens is 388 g/mol. The molecule has 1 aliphatic heterocycles. The van der Waals surface area contributed by atoms with Crippen molar-refractivity contribution in [3.63, 3.8) is 0 Å². The van der Waals surface area contributed by atoms with Gasteiger partial charge in [0, 0.05) is 35.1 Å². The molecule has 7 heteroatoms. The van der Waals surface area contributed by atoms with E-state index in [2.05, 4.69) is 60.1 Å². The Morgan fingerprint density at radius 3 is 2.39 bits per heavy atom. The van der Waals surface area contributed by atoms with Crippen molar-refractivity contribution >= 4 is 16.7 Å². The van der Waals surface area contributed by atoms with Gasteiger partial charge < -0.3 is 15.3 Å². The molecule has 3 heterocycles. The van der Waals surface area contributed by atoms with Gasteiger partial charge in [-0.25, -0.2) is 4.98 Å². The average Bonchev–Trinajstić information content (AvgIpc) is 2.70. The molecule has 31 heavy (non-hydrogen) atoms. The SMILES string of the molecule is CN(c1ccc(-c2cc3nc(C#N)ccc3cc2O)nn1)C1CC(C)(C)NC(C)(C)C1. The molecule has 2 N–H and O–H groups in total. The summed E-state index contributed by atoms with van der Waals surface area (Å²) in [5.74, 6) is 0.906. The smallest absolute Gasteiger partial charge is 0.151 e. The standard InChI is InChI=1S/C24H28N6O/c1-23(2)12-17(13-24(3,4)29-23)30(5)22-9-8-19(27-28-22)18-11-20-15(10-21(18)31)6-7-16(14-25)26-20/h6-11,17,29,31H,12-13H2,1-5H3. The summed E-state index contributed by atoms with van der Waals surface area (Å²) < 4.78 is 0. The fraction of sp³-hybridized carbons (Fsp3) is 0.417. The molecule has 0 aliphatic carbocycles. The Morgan fingerprint density at radius 1 is 1.06 bits per heavy atom. The fourth-order valence-electron chi connectivity index (χ4n) is 4.81. The lowest BCUT2D eigenvalue weighted by Crippen LogP contribution is -2.62. The summed E-state index contributed by atoms with van der Waals surface area (Å²) in [5, 5.41) is 32.9. The van der Waals surface area contributed by atoms with Crippen molar-refractivity contribution in [1.29, 1.82) is 5.26 Å². The number of phenolic OH excluding ortho intramolecular Hbond substituents is 1. The van der Waals surface area contributed by atoms with Gasteiger partial charge >= 0.3 is 0 Å². The van der Waals surface area contributed by atoms with E-state index in [1.807, 2.05) is 18.2 Å². The second kappa shape index (κ2) is 7.47. The number of aromatic nitrogens is 3. The van der Waals surface area contributed by atoms with Crippen molar-refractivity contribution < 1.29 is 5.11 Å². The van der Waals surface area contributed by atoms with Gasteiger partial charge in [-0.3, -0.25) is 0 Å². The maximum atomic E-state index is 10.5. The molecule has 7 nitrogen and oxygen atoms in total. The molecule has 1 aromatic carbocycles. The monoisotopic (exact) mass is 416 g/mol. The van der Waals surface area contributed by atoms with E-state index in [1.165, 1.54) is 0 Å². The van der Waals surface area contributed by atoms with Crippen molar-refractivity contribution in [3.8, 4) is 23.1 Å². The molecule has 3 aromatic rings. The molecule has 0 unspecified atom stereocenters. The van der Waals surface area contributed by atoms with Gasteiger partial charge in [0.05, 0.1) is 11.2 Å². The van der Waals surface area contributed by atoms with Gasteiger partial charge in [0.25, 0.3) is 0 Å². The van der Waals surface area contributed by atoms with E-state index in [0.717, 1.165) is 24.0 Å². The van der Waals surface area contributed by atoms with Crippen LogP contribution in [0.25, 0.3) is 22.2 Å². The maximum absolute atomic E-state index is 10.5. The Morgan fingerprint density at radius 2 is 1.77 bits per heavy atom. The van der Waals surface area contributed by atoms with Crippen LogP contribution in [0.4, 0.5) is 5.82 Å². The molecule has 0 spiro atoms. The third kappa shape index (κ3) is 4.30. The third-order valence-corrected chi connectivity index (χ3v) is 5.93. The second-order valence-electron chi connectivity index (χ2n) is 9.71. The highest BCUT2D eigenvalue weighted by molar-refractivity contribution is 5.87. The number of pyridine rings is 1. The zero-order valence-electron chi connectivity index (χ0n) is 18.6. The van der Waals surface area contributed by atoms with Crippen molar-refractivity contribution in [2.24, 2.45) is 0 Å². The van der Waals surface area contributed by atoms with Crippen LogP contribution < -0.4 is 10.2 Å².